The van der Waals surface area contributed by atoms with E-state index >= 15 is 0 Å². The first-order valence-corrected chi connectivity index (χ1v) is 11.8. The molecule has 1 N–H and O–H groups in total. The summed E-state index contributed by atoms with van der Waals surface area (Å²) in [6.07, 6.45) is 4.62. The summed E-state index contributed by atoms with van der Waals surface area (Å²) in [7, 11) is 0. The molecule has 3 heterocycles. The summed E-state index contributed by atoms with van der Waals surface area (Å²) >= 11 is 7.37. The maximum Gasteiger partial charge on any atom is 0.301 e. The van der Waals surface area contributed by atoms with E-state index in [0.29, 0.717) is 39.2 Å². The van der Waals surface area contributed by atoms with Crippen LogP contribution in [0.5, 0.6) is 5.75 Å². The second-order valence-corrected chi connectivity index (χ2v) is 9.13. The standard InChI is InChI=1S/C26H18ClN3O4S/c1-2-12-34-18-5-3-4-16(13-18)22-21(23(31)15-8-10-28-11-9-15)24(32)25(33)30(22)26-29-19-7-6-17(27)14-20(19)35-26/h2-11,13-14,22,31H,1,12H2/b23-21+. The summed E-state index contributed by atoms with van der Waals surface area (Å²) in [5.41, 5.74) is 1.56. The smallest absolute Gasteiger partial charge is 0.301 e. The predicted molar refractivity (Wildman–Crippen MR) is 136 cm³/mol. The predicted octanol–water partition coefficient (Wildman–Crippen LogP) is 5.54. The van der Waals surface area contributed by atoms with Gasteiger partial charge >= 0.3 is 5.91 Å². The molecule has 0 saturated carbocycles. The van der Waals surface area contributed by atoms with Crippen LogP contribution in [0.3, 0.4) is 0 Å². The van der Waals surface area contributed by atoms with Crippen molar-refractivity contribution in [3.8, 4) is 5.75 Å². The lowest BCUT2D eigenvalue weighted by molar-refractivity contribution is -0.132. The highest BCUT2D eigenvalue weighted by atomic mass is 35.5. The van der Waals surface area contributed by atoms with Gasteiger partial charge in [-0.05, 0) is 48.0 Å². The SMILES string of the molecule is C=CCOc1cccc(C2/C(=C(\O)c3ccncc3)C(=O)C(=O)N2c2nc3ccc(Cl)cc3s2)c1. The molecule has 2 aromatic heterocycles. The van der Waals surface area contributed by atoms with Gasteiger partial charge in [-0.2, -0.15) is 0 Å². The van der Waals surface area contributed by atoms with Crippen LogP contribution in [0.25, 0.3) is 16.0 Å². The molecule has 0 bridgehead atoms. The zero-order valence-electron chi connectivity index (χ0n) is 18.2. The van der Waals surface area contributed by atoms with Crippen molar-refractivity contribution in [2.75, 3.05) is 11.5 Å². The first-order valence-electron chi connectivity index (χ1n) is 10.6. The molecule has 1 saturated heterocycles. The zero-order valence-corrected chi connectivity index (χ0v) is 19.8. The number of carbonyl (C=O) groups is 2. The van der Waals surface area contributed by atoms with Crippen molar-refractivity contribution in [1.29, 1.82) is 0 Å². The highest BCUT2D eigenvalue weighted by Gasteiger charge is 2.48. The van der Waals surface area contributed by atoms with E-state index in [0.717, 1.165) is 4.70 Å². The van der Waals surface area contributed by atoms with Crippen LogP contribution in [-0.4, -0.2) is 33.4 Å². The van der Waals surface area contributed by atoms with Crippen molar-refractivity contribution in [3.05, 3.63) is 101 Å². The molecule has 1 aliphatic heterocycles. The Morgan fingerprint density at radius 3 is 2.74 bits per heavy atom. The molecule has 1 unspecified atom stereocenters. The molecule has 35 heavy (non-hydrogen) atoms. The number of carbonyl (C=O) groups excluding carboxylic acids is 2. The molecule has 0 spiro atoms. The molecule has 1 amide bonds. The molecule has 0 radical (unpaired) electrons. The number of ether oxygens (including phenoxy) is 1. The Bertz CT molecular complexity index is 1500. The van der Waals surface area contributed by atoms with Gasteiger partial charge in [-0.3, -0.25) is 19.5 Å². The Labute approximate surface area is 209 Å². The third-order valence-corrected chi connectivity index (χ3v) is 6.74. The van der Waals surface area contributed by atoms with Crippen LogP contribution in [0, 0.1) is 0 Å². The number of aliphatic hydroxyl groups excluding tert-OH is 1. The summed E-state index contributed by atoms with van der Waals surface area (Å²) in [5, 5.41) is 12.0. The van der Waals surface area contributed by atoms with Gasteiger partial charge in [0.05, 0.1) is 21.8 Å². The number of rotatable bonds is 6. The van der Waals surface area contributed by atoms with Crippen LogP contribution >= 0.6 is 22.9 Å². The van der Waals surface area contributed by atoms with Crippen molar-refractivity contribution in [3.63, 3.8) is 0 Å². The number of hydrogen-bond acceptors (Lipinski definition) is 7. The first kappa shape index (κ1) is 22.8. The molecule has 174 valence electrons. The largest absolute Gasteiger partial charge is 0.507 e. The quantitative estimate of drug-likeness (QED) is 0.161. The number of halogens is 1. The van der Waals surface area contributed by atoms with Gasteiger partial charge < -0.3 is 9.84 Å². The van der Waals surface area contributed by atoms with E-state index in [9.17, 15) is 14.7 Å². The van der Waals surface area contributed by atoms with Crippen LogP contribution in [0.2, 0.25) is 5.02 Å². The van der Waals surface area contributed by atoms with Crippen molar-refractivity contribution in [1.82, 2.24) is 9.97 Å². The molecular weight excluding hydrogens is 486 g/mol. The Kier molecular flexibility index (Phi) is 6.07. The molecule has 0 aliphatic carbocycles. The van der Waals surface area contributed by atoms with Crippen molar-refractivity contribution < 1.29 is 19.4 Å². The fourth-order valence-corrected chi connectivity index (χ4v) is 5.20. The molecule has 1 aliphatic rings. The maximum atomic E-state index is 13.4. The van der Waals surface area contributed by atoms with E-state index < -0.39 is 17.7 Å². The number of Topliss-reactive ketones (excluding diaryl/α,β-unsaturated/α-hetero) is 1. The second-order valence-electron chi connectivity index (χ2n) is 7.69. The molecular formula is C26H18ClN3O4S. The summed E-state index contributed by atoms with van der Waals surface area (Å²) in [6.45, 7) is 3.95. The summed E-state index contributed by atoms with van der Waals surface area (Å²) in [5.74, 6) is -1.35. The molecule has 1 fully saturated rings. The van der Waals surface area contributed by atoms with E-state index in [-0.39, 0.29) is 11.3 Å². The van der Waals surface area contributed by atoms with Gasteiger partial charge in [-0.1, -0.05) is 47.7 Å². The number of hydrogen-bond donors (Lipinski definition) is 1. The normalized spacial score (nSPS) is 17.2. The molecule has 1 atom stereocenters. The summed E-state index contributed by atoms with van der Waals surface area (Å²) < 4.78 is 6.44. The third kappa shape index (κ3) is 4.18. The maximum absolute atomic E-state index is 13.4. The number of fused-ring (bicyclic) bond motifs is 1. The number of anilines is 1. The number of aliphatic hydroxyl groups is 1. The van der Waals surface area contributed by atoms with E-state index in [1.54, 1.807) is 60.7 Å². The van der Waals surface area contributed by atoms with Gasteiger partial charge in [0, 0.05) is 23.0 Å². The number of ketones is 1. The fourth-order valence-electron chi connectivity index (χ4n) is 3.93. The first-order chi connectivity index (χ1) is 17.0. The Balaban J connectivity index is 1.71. The molecule has 2 aromatic carbocycles. The summed E-state index contributed by atoms with van der Waals surface area (Å²) in [4.78, 5) is 36.5. The lowest BCUT2D eigenvalue weighted by atomic mass is 9.95. The average molecular weight is 504 g/mol. The number of aromatic nitrogens is 2. The molecule has 5 rings (SSSR count). The van der Waals surface area contributed by atoms with Gasteiger partial charge in [-0.15, -0.1) is 0 Å². The van der Waals surface area contributed by atoms with Crippen LogP contribution in [0.15, 0.2) is 85.2 Å². The minimum Gasteiger partial charge on any atom is -0.507 e. The Morgan fingerprint density at radius 1 is 1.17 bits per heavy atom. The number of benzene rings is 2. The van der Waals surface area contributed by atoms with E-state index in [1.165, 1.54) is 28.6 Å². The van der Waals surface area contributed by atoms with Gasteiger partial charge in [0.25, 0.3) is 5.78 Å². The van der Waals surface area contributed by atoms with E-state index in [1.807, 2.05) is 0 Å². The van der Waals surface area contributed by atoms with Crippen LogP contribution in [0.1, 0.15) is 17.2 Å². The van der Waals surface area contributed by atoms with Crippen LogP contribution in [0.4, 0.5) is 5.13 Å². The fraction of sp³-hybridized carbons (Fsp3) is 0.0769. The van der Waals surface area contributed by atoms with Gasteiger partial charge in [0.2, 0.25) is 0 Å². The number of thiazole rings is 1. The van der Waals surface area contributed by atoms with E-state index in [4.69, 9.17) is 16.3 Å². The lowest BCUT2D eigenvalue weighted by Crippen LogP contribution is -2.29. The number of amides is 1. The van der Waals surface area contributed by atoms with Gasteiger partial charge in [0.15, 0.2) is 5.13 Å². The third-order valence-electron chi connectivity index (χ3n) is 5.49. The van der Waals surface area contributed by atoms with Gasteiger partial charge in [0.1, 0.15) is 18.1 Å². The topological polar surface area (TPSA) is 92.6 Å². The summed E-state index contributed by atoms with van der Waals surface area (Å²) in [6, 6.07) is 14.5. The average Bonchev–Trinajstić information content (AvgIpc) is 3.40. The Hall–Kier alpha value is -4.01. The molecule has 4 aromatic rings. The monoisotopic (exact) mass is 503 g/mol. The van der Waals surface area contributed by atoms with Crippen LogP contribution < -0.4 is 9.64 Å². The van der Waals surface area contributed by atoms with Crippen molar-refractivity contribution >= 4 is 55.7 Å². The van der Waals surface area contributed by atoms with Crippen molar-refractivity contribution in [2.45, 2.75) is 6.04 Å². The number of pyridine rings is 1. The lowest BCUT2D eigenvalue weighted by Gasteiger charge is -2.23. The van der Waals surface area contributed by atoms with Crippen LogP contribution in [-0.2, 0) is 9.59 Å². The van der Waals surface area contributed by atoms with Gasteiger partial charge in [-0.25, -0.2) is 4.98 Å². The minimum atomic E-state index is -0.925. The Morgan fingerprint density at radius 2 is 1.97 bits per heavy atom. The number of nitrogens with zero attached hydrogens (tertiary/aromatic N) is 3. The molecule has 7 nitrogen and oxygen atoms in total. The highest BCUT2D eigenvalue weighted by molar-refractivity contribution is 7.22. The van der Waals surface area contributed by atoms with E-state index in [2.05, 4.69) is 16.5 Å². The highest BCUT2D eigenvalue weighted by Crippen LogP contribution is 2.45. The molecule has 9 heteroatoms. The minimum absolute atomic E-state index is 0.0423. The van der Waals surface area contributed by atoms with Crippen molar-refractivity contribution in [2.24, 2.45) is 0 Å². The zero-order chi connectivity index (χ0) is 24.5. The second kappa shape index (κ2) is 9.32.